The van der Waals surface area contributed by atoms with E-state index >= 15 is 0 Å². The number of methoxy groups -OCH3 is 1. The summed E-state index contributed by atoms with van der Waals surface area (Å²) in [4.78, 5) is 8.74. The molecule has 0 saturated heterocycles. The fourth-order valence-electron chi connectivity index (χ4n) is 2.96. The molecule has 0 saturated carbocycles. The van der Waals surface area contributed by atoms with Gasteiger partial charge in [0.05, 0.1) is 24.5 Å². The summed E-state index contributed by atoms with van der Waals surface area (Å²) in [5.41, 5.74) is 4.32. The zero-order chi connectivity index (χ0) is 17.2. The van der Waals surface area contributed by atoms with Crippen LogP contribution in [0.25, 0.3) is 22.2 Å². The Hall–Kier alpha value is -3.34. The topological polar surface area (TPSA) is 52.0 Å². The number of ether oxygens (including phenoxy) is 1. The van der Waals surface area contributed by atoms with E-state index in [0.29, 0.717) is 5.88 Å². The Labute approximate surface area is 145 Å². The minimum absolute atomic E-state index is 0.586. The highest BCUT2D eigenvalue weighted by Crippen LogP contribution is 2.31. The van der Waals surface area contributed by atoms with Gasteiger partial charge in [0.1, 0.15) is 5.82 Å². The molecule has 0 bridgehead atoms. The first kappa shape index (κ1) is 15.2. The van der Waals surface area contributed by atoms with Gasteiger partial charge in [0.2, 0.25) is 5.88 Å². The fraction of sp³-hybridized carbons (Fsp3) is 0.100. The summed E-state index contributed by atoms with van der Waals surface area (Å²) in [6, 6.07) is 18.3. The minimum Gasteiger partial charge on any atom is -0.481 e. The standard InChI is InChI=1S/C20H18N4O/c1-24-17-10-11-21-20(23-15-8-9-19(25-2)22-13-15)16(17)12-18(24)14-6-4-3-5-7-14/h3-13H,1-2H3,(H,21,23). The molecular weight excluding hydrogens is 312 g/mol. The van der Waals surface area contributed by atoms with Crippen LogP contribution in [0.3, 0.4) is 0 Å². The van der Waals surface area contributed by atoms with Crippen LogP contribution in [0.4, 0.5) is 11.5 Å². The van der Waals surface area contributed by atoms with Crippen molar-refractivity contribution >= 4 is 22.4 Å². The van der Waals surface area contributed by atoms with Gasteiger partial charge >= 0.3 is 0 Å². The van der Waals surface area contributed by atoms with Crippen LogP contribution in [-0.2, 0) is 7.05 Å². The lowest BCUT2D eigenvalue weighted by atomic mass is 10.1. The Morgan fingerprint density at radius 1 is 1.00 bits per heavy atom. The molecule has 4 aromatic rings. The molecule has 5 nitrogen and oxygen atoms in total. The molecule has 1 aromatic carbocycles. The van der Waals surface area contributed by atoms with Crippen molar-refractivity contribution in [3.05, 3.63) is 67.0 Å². The molecule has 0 aliphatic carbocycles. The normalized spacial score (nSPS) is 10.8. The van der Waals surface area contributed by atoms with Gasteiger partial charge in [0, 0.05) is 30.4 Å². The van der Waals surface area contributed by atoms with E-state index < -0.39 is 0 Å². The van der Waals surface area contributed by atoms with Gasteiger partial charge in [0.15, 0.2) is 0 Å². The molecule has 3 aromatic heterocycles. The monoisotopic (exact) mass is 330 g/mol. The molecule has 0 aliphatic heterocycles. The van der Waals surface area contributed by atoms with E-state index in [4.69, 9.17) is 4.74 Å². The van der Waals surface area contributed by atoms with Gasteiger partial charge in [0.25, 0.3) is 0 Å². The van der Waals surface area contributed by atoms with Crippen LogP contribution < -0.4 is 10.1 Å². The predicted molar refractivity (Wildman–Crippen MR) is 100 cm³/mol. The lowest BCUT2D eigenvalue weighted by Gasteiger charge is -2.07. The molecule has 0 amide bonds. The number of nitrogens with zero attached hydrogens (tertiary/aromatic N) is 3. The summed E-state index contributed by atoms with van der Waals surface area (Å²) < 4.78 is 7.28. The molecule has 0 unspecified atom stereocenters. The average Bonchev–Trinajstić information content (AvgIpc) is 3.01. The number of hydrogen-bond donors (Lipinski definition) is 1. The highest BCUT2D eigenvalue weighted by atomic mass is 16.5. The molecule has 4 rings (SSSR count). The molecule has 25 heavy (non-hydrogen) atoms. The van der Waals surface area contributed by atoms with Gasteiger partial charge in [-0.3, -0.25) is 0 Å². The summed E-state index contributed by atoms with van der Waals surface area (Å²) in [5.74, 6) is 1.39. The Balaban J connectivity index is 1.77. The Morgan fingerprint density at radius 3 is 2.56 bits per heavy atom. The molecular formula is C20H18N4O. The number of fused-ring (bicyclic) bond motifs is 1. The Bertz CT molecular complexity index is 1010. The van der Waals surface area contributed by atoms with Gasteiger partial charge in [-0.1, -0.05) is 30.3 Å². The third kappa shape index (κ3) is 2.80. The first-order valence-corrected chi connectivity index (χ1v) is 8.03. The first-order valence-electron chi connectivity index (χ1n) is 8.03. The third-order valence-electron chi connectivity index (χ3n) is 4.25. The number of benzene rings is 1. The largest absolute Gasteiger partial charge is 0.481 e. The highest BCUT2D eigenvalue weighted by molar-refractivity contribution is 5.95. The number of pyridine rings is 2. The maximum absolute atomic E-state index is 5.10. The second kappa shape index (κ2) is 6.28. The van der Waals surface area contributed by atoms with Crippen molar-refractivity contribution in [3.63, 3.8) is 0 Å². The summed E-state index contributed by atoms with van der Waals surface area (Å²) >= 11 is 0. The van der Waals surface area contributed by atoms with Crippen LogP contribution >= 0.6 is 0 Å². The second-order valence-corrected chi connectivity index (χ2v) is 5.76. The van der Waals surface area contributed by atoms with Crippen molar-refractivity contribution in [2.45, 2.75) is 0 Å². The first-order chi connectivity index (χ1) is 12.3. The van der Waals surface area contributed by atoms with Gasteiger partial charge in [-0.25, -0.2) is 9.97 Å². The molecule has 0 spiro atoms. The zero-order valence-corrected chi connectivity index (χ0v) is 14.1. The molecule has 0 aliphatic rings. The molecule has 0 atom stereocenters. The van der Waals surface area contributed by atoms with E-state index in [9.17, 15) is 0 Å². The van der Waals surface area contributed by atoms with Crippen molar-refractivity contribution in [1.29, 1.82) is 0 Å². The van der Waals surface area contributed by atoms with Gasteiger partial charge in [-0.05, 0) is 23.8 Å². The Kier molecular flexibility index (Phi) is 3.82. The summed E-state index contributed by atoms with van der Waals surface area (Å²) in [7, 11) is 3.68. The van der Waals surface area contributed by atoms with Crippen LogP contribution in [0.15, 0.2) is 67.0 Å². The molecule has 124 valence electrons. The van der Waals surface area contributed by atoms with Gasteiger partial charge in [-0.2, -0.15) is 0 Å². The number of aromatic nitrogens is 3. The molecule has 0 fully saturated rings. The number of rotatable bonds is 4. The second-order valence-electron chi connectivity index (χ2n) is 5.76. The average molecular weight is 330 g/mol. The van der Waals surface area contributed by atoms with Crippen molar-refractivity contribution < 1.29 is 4.74 Å². The van der Waals surface area contributed by atoms with Crippen molar-refractivity contribution in [2.24, 2.45) is 7.05 Å². The lowest BCUT2D eigenvalue weighted by Crippen LogP contribution is -1.96. The van der Waals surface area contributed by atoms with E-state index in [1.165, 1.54) is 5.56 Å². The fourth-order valence-corrected chi connectivity index (χ4v) is 2.96. The van der Waals surface area contributed by atoms with Crippen LogP contribution in [0, 0.1) is 0 Å². The van der Waals surface area contributed by atoms with Gasteiger partial charge < -0.3 is 14.6 Å². The lowest BCUT2D eigenvalue weighted by molar-refractivity contribution is 0.398. The zero-order valence-electron chi connectivity index (χ0n) is 14.1. The molecule has 5 heteroatoms. The van der Waals surface area contributed by atoms with E-state index in [2.05, 4.69) is 45.1 Å². The third-order valence-corrected chi connectivity index (χ3v) is 4.25. The van der Waals surface area contributed by atoms with Crippen LogP contribution in [-0.4, -0.2) is 21.6 Å². The summed E-state index contributed by atoms with van der Waals surface area (Å²) in [5, 5.41) is 4.42. The van der Waals surface area contributed by atoms with Crippen LogP contribution in [0.1, 0.15) is 0 Å². The minimum atomic E-state index is 0.586. The van der Waals surface area contributed by atoms with E-state index in [1.807, 2.05) is 42.6 Å². The molecule has 0 radical (unpaired) electrons. The molecule has 3 heterocycles. The maximum Gasteiger partial charge on any atom is 0.213 e. The SMILES string of the molecule is COc1ccc(Nc2nccc3c2cc(-c2ccccc2)n3C)cn1. The Morgan fingerprint density at radius 2 is 1.84 bits per heavy atom. The van der Waals surface area contributed by atoms with Crippen LogP contribution in [0.2, 0.25) is 0 Å². The summed E-state index contributed by atoms with van der Waals surface area (Å²) in [6.07, 6.45) is 3.55. The van der Waals surface area contributed by atoms with E-state index in [1.54, 1.807) is 13.3 Å². The van der Waals surface area contributed by atoms with E-state index in [-0.39, 0.29) is 0 Å². The van der Waals surface area contributed by atoms with E-state index in [0.717, 1.165) is 28.1 Å². The number of aryl methyl sites for hydroxylation is 1. The maximum atomic E-state index is 5.10. The van der Waals surface area contributed by atoms with Crippen molar-refractivity contribution in [3.8, 4) is 17.1 Å². The number of nitrogens with one attached hydrogen (secondary N) is 1. The highest BCUT2D eigenvalue weighted by Gasteiger charge is 2.12. The number of anilines is 2. The smallest absolute Gasteiger partial charge is 0.213 e. The van der Waals surface area contributed by atoms with Crippen molar-refractivity contribution in [1.82, 2.24) is 14.5 Å². The number of hydrogen-bond acceptors (Lipinski definition) is 4. The molecule has 1 N–H and O–H groups in total. The summed E-state index contributed by atoms with van der Waals surface area (Å²) in [6.45, 7) is 0. The van der Waals surface area contributed by atoms with Crippen molar-refractivity contribution in [2.75, 3.05) is 12.4 Å². The quantitative estimate of drug-likeness (QED) is 0.603. The van der Waals surface area contributed by atoms with Gasteiger partial charge in [-0.15, -0.1) is 0 Å². The van der Waals surface area contributed by atoms with Crippen LogP contribution in [0.5, 0.6) is 5.88 Å². The predicted octanol–water partition coefficient (Wildman–Crippen LogP) is 4.39.